The first-order chi connectivity index (χ1) is 29.3. The van der Waals surface area contributed by atoms with Gasteiger partial charge in [0.25, 0.3) is 5.91 Å². The van der Waals surface area contributed by atoms with Crippen LogP contribution in [0.1, 0.15) is 137 Å². The van der Waals surface area contributed by atoms with Gasteiger partial charge in [-0.05, 0) is 81.5 Å². The van der Waals surface area contributed by atoms with Crippen molar-refractivity contribution in [2.45, 2.75) is 103 Å². The van der Waals surface area contributed by atoms with E-state index in [0.717, 1.165) is 29.2 Å². The standard InChI is InChI=1S/C46H58N8O7/c1-8-30-24(2)33-21-38-42(28(6)56)26(4)35(52-38)19-34-25(3)31(13-14-40(58)50-22-29(57)23-55)44(53-34)32(18-41(59)61-7)45-43(27(5)36(54-45)20-37(30)51-33)46(60)49-17-11-16-48-39-12-9-10-15-47-39/h9-10,12,15,19-21,24-25,29-31,52,54-55,57H,8,11,13-14,16-18,22-23H2,1-7H3,(H,47,48)(H,49,60)(H,50,58)/t24-,25+,29?,30-,31+/m1/s1. The molecule has 7 N–H and O–H groups in total. The van der Waals surface area contributed by atoms with Crippen molar-refractivity contribution in [3.05, 3.63) is 93.2 Å². The van der Waals surface area contributed by atoms with Gasteiger partial charge < -0.3 is 40.9 Å². The predicted octanol–water partition coefficient (Wildman–Crippen LogP) is 5.91. The number of esters is 1. The highest BCUT2D eigenvalue weighted by Gasteiger charge is 2.34. The second-order valence-corrected chi connectivity index (χ2v) is 16.1. The SMILES string of the molecule is CC[C@H]1c2cc3[nH]c(c(CC(=O)OC)c4nc(cc5[nH]c(cc(n2)[C@@H]1C)c(C(C)=O)c5C)[C@@H](C)[C@@H]4CCC(=O)NCC(O)CO)c(C(=O)NCCCNc1ccccn1)c3C. The number of fused-ring (bicyclic) bond motifs is 8. The number of anilines is 1. The second-order valence-electron chi connectivity index (χ2n) is 16.1. The van der Waals surface area contributed by atoms with E-state index in [9.17, 15) is 29.4 Å². The number of hydrogen-bond donors (Lipinski definition) is 7. The summed E-state index contributed by atoms with van der Waals surface area (Å²) in [5, 5.41) is 28.2. The molecule has 0 aromatic carbocycles. The maximum atomic E-state index is 14.5. The number of nitrogens with zero attached hydrogens (tertiary/aromatic N) is 3. The van der Waals surface area contributed by atoms with Gasteiger partial charge in [0.05, 0.1) is 48.5 Å². The fraction of sp³-hybridized carbons (Fsp3) is 0.457. The van der Waals surface area contributed by atoms with Gasteiger partial charge in [0, 0.05) is 95.2 Å². The number of carbonyl (C=O) groups excluding carboxylic acids is 4. The molecule has 5 atom stereocenters. The van der Waals surface area contributed by atoms with E-state index in [2.05, 4.69) is 44.7 Å². The van der Waals surface area contributed by atoms with E-state index >= 15 is 0 Å². The third-order valence-electron chi connectivity index (χ3n) is 12.1. The summed E-state index contributed by atoms with van der Waals surface area (Å²) >= 11 is 0. The minimum atomic E-state index is -1.10. The van der Waals surface area contributed by atoms with Gasteiger partial charge in [0.2, 0.25) is 5.91 Å². The largest absolute Gasteiger partial charge is 0.469 e. The summed E-state index contributed by atoms with van der Waals surface area (Å²) in [6.07, 6.45) is 2.16. The molecule has 0 aliphatic carbocycles. The first-order valence-electron chi connectivity index (χ1n) is 21.1. The molecule has 0 fully saturated rings. The van der Waals surface area contributed by atoms with Crippen LogP contribution in [-0.4, -0.2) is 98.2 Å². The summed E-state index contributed by atoms with van der Waals surface area (Å²) in [5.74, 6) is -1.16. The number of methoxy groups -OCH3 is 1. The minimum Gasteiger partial charge on any atom is -0.469 e. The summed E-state index contributed by atoms with van der Waals surface area (Å²) < 4.78 is 5.25. The molecule has 2 amide bonds. The van der Waals surface area contributed by atoms with Crippen LogP contribution in [0.3, 0.4) is 0 Å². The van der Waals surface area contributed by atoms with Gasteiger partial charge in [-0.2, -0.15) is 0 Å². The van der Waals surface area contributed by atoms with Crippen molar-refractivity contribution < 1.29 is 34.1 Å². The number of nitrogens with one attached hydrogen (secondary N) is 5. The van der Waals surface area contributed by atoms with E-state index in [1.807, 2.05) is 57.2 Å². The number of carbonyl (C=O) groups is 4. The molecule has 6 rings (SSSR count). The quantitative estimate of drug-likeness (QED) is 0.0399. The summed E-state index contributed by atoms with van der Waals surface area (Å²) in [6.45, 7) is 11.9. The molecular formula is C46H58N8O7. The van der Waals surface area contributed by atoms with Crippen molar-refractivity contribution in [3.63, 3.8) is 0 Å². The Morgan fingerprint density at radius 3 is 2.26 bits per heavy atom. The summed E-state index contributed by atoms with van der Waals surface area (Å²) in [5.41, 5.74) is 8.07. The molecule has 0 spiro atoms. The average molecular weight is 835 g/mol. The molecule has 2 aliphatic heterocycles. The van der Waals surface area contributed by atoms with Crippen molar-refractivity contribution in [2.24, 2.45) is 0 Å². The molecule has 0 saturated heterocycles. The Balaban J connectivity index is 1.60. The molecular weight excluding hydrogens is 777 g/mol. The third-order valence-corrected chi connectivity index (χ3v) is 12.1. The molecule has 324 valence electrons. The number of aryl methyl sites for hydroxylation is 2. The van der Waals surface area contributed by atoms with E-state index in [1.165, 1.54) is 7.11 Å². The maximum Gasteiger partial charge on any atom is 0.310 e. The van der Waals surface area contributed by atoms with E-state index in [1.54, 1.807) is 13.1 Å². The van der Waals surface area contributed by atoms with Gasteiger partial charge >= 0.3 is 5.97 Å². The second kappa shape index (κ2) is 19.6. The summed E-state index contributed by atoms with van der Waals surface area (Å²) in [6, 6.07) is 11.5. The molecule has 0 saturated carbocycles. The Labute approximate surface area is 355 Å². The van der Waals surface area contributed by atoms with Crippen LogP contribution in [0.2, 0.25) is 0 Å². The van der Waals surface area contributed by atoms with Crippen LogP contribution in [0.15, 0.2) is 42.6 Å². The van der Waals surface area contributed by atoms with Gasteiger partial charge in [-0.25, -0.2) is 4.98 Å². The van der Waals surface area contributed by atoms with Gasteiger partial charge in [0.15, 0.2) is 5.78 Å². The van der Waals surface area contributed by atoms with Gasteiger partial charge in [-0.1, -0.05) is 26.8 Å². The number of aromatic amines is 2. The van der Waals surface area contributed by atoms with Crippen molar-refractivity contribution in [3.8, 4) is 0 Å². The Morgan fingerprint density at radius 2 is 1.57 bits per heavy atom. The molecule has 6 heterocycles. The number of ether oxygens (including phenoxy) is 1. The molecule has 4 aromatic heterocycles. The average Bonchev–Trinajstić information content (AvgIpc) is 3.93. The van der Waals surface area contributed by atoms with Crippen LogP contribution in [0.25, 0.3) is 22.1 Å². The highest BCUT2D eigenvalue weighted by Crippen LogP contribution is 2.43. The van der Waals surface area contributed by atoms with Crippen molar-refractivity contribution in [1.29, 1.82) is 0 Å². The van der Waals surface area contributed by atoms with Gasteiger partial charge in [-0.3, -0.25) is 29.1 Å². The fourth-order valence-electron chi connectivity index (χ4n) is 8.58. The molecule has 4 aromatic rings. The number of rotatable bonds is 16. The highest BCUT2D eigenvalue weighted by atomic mass is 16.5. The Bertz CT molecular complexity index is 2440. The Morgan fingerprint density at radius 1 is 0.885 bits per heavy atom. The number of ketones is 1. The molecule has 8 bridgehead atoms. The van der Waals surface area contributed by atoms with Crippen LogP contribution in [-0.2, 0) is 20.7 Å². The van der Waals surface area contributed by atoms with Crippen LogP contribution < -0.4 is 16.0 Å². The zero-order chi connectivity index (χ0) is 44.0. The molecule has 15 heteroatoms. The topological polar surface area (TPSA) is 224 Å². The highest BCUT2D eigenvalue weighted by molar-refractivity contribution is 6.06. The van der Waals surface area contributed by atoms with Crippen LogP contribution in [0, 0.1) is 13.8 Å². The number of Topliss-reactive ketones (excluding diaryl/α,β-unsaturated/α-hetero) is 1. The summed E-state index contributed by atoms with van der Waals surface area (Å²) in [4.78, 5) is 75.9. The molecule has 1 unspecified atom stereocenters. The maximum absolute atomic E-state index is 14.5. The van der Waals surface area contributed by atoms with E-state index in [4.69, 9.17) is 14.7 Å². The van der Waals surface area contributed by atoms with E-state index in [0.29, 0.717) is 81.6 Å². The van der Waals surface area contributed by atoms with Crippen molar-refractivity contribution >= 4 is 51.5 Å². The van der Waals surface area contributed by atoms with E-state index in [-0.39, 0.29) is 54.7 Å². The number of aliphatic hydroxyl groups excluding tert-OH is 2. The lowest BCUT2D eigenvalue weighted by Crippen LogP contribution is -2.34. The monoisotopic (exact) mass is 834 g/mol. The zero-order valence-electron chi connectivity index (χ0n) is 36.1. The lowest BCUT2D eigenvalue weighted by molar-refractivity contribution is -0.139. The molecule has 15 nitrogen and oxygen atoms in total. The molecule has 2 aliphatic rings. The molecule has 61 heavy (non-hydrogen) atoms. The normalized spacial score (nSPS) is 17.7. The number of hydrogen-bond acceptors (Lipinski definition) is 11. The number of H-pyrrole nitrogens is 2. The Kier molecular flexibility index (Phi) is 14.4. The first kappa shape index (κ1) is 44.6. The molecule has 0 radical (unpaired) electrons. The van der Waals surface area contributed by atoms with Crippen LogP contribution in [0.4, 0.5) is 5.82 Å². The third kappa shape index (κ3) is 9.84. The van der Waals surface area contributed by atoms with Crippen LogP contribution >= 0.6 is 0 Å². The first-order valence-corrected chi connectivity index (χ1v) is 21.1. The Hall–Kier alpha value is -5.93. The smallest absolute Gasteiger partial charge is 0.310 e. The lowest BCUT2D eigenvalue weighted by atomic mass is 9.85. The number of aliphatic hydroxyl groups is 2. The van der Waals surface area contributed by atoms with Gasteiger partial charge in [-0.15, -0.1) is 0 Å². The zero-order valence-corrected chi connectivity index (χ0v) is 36.1. The minimum absolute atomic E-state index is 0.0299. The van der Waals surface area contributed by atoms with Gasteiger partial charge in [0.1, 0.15) is 5.82 Å². The number of pyridine rings is 1. The fourth-order valence-corrected chi connectivity index (χ4v) is 8.58. The predicted molar refractivity (Wildman–Crippen MR) is 234 cm³/mol. The van der Waals surface area contributed by atoms with Crippen LogP contribution in [0.5, 0.6) is 0 Å². The van der Waals surface area contributed by atoms with E-state index < -0.39 is 24.6 Å². The number of aromatic nitrogens is 5. The van der Waals surface area contributed by atoms with Crippen molar-refractivity contribution in [1.82, 2.24) is 35.6 Å². The lowest BCUT2D eigenvalue weighted by Gasteiger charge is -2.18. The van der Waals surface area contributed by atoms with Crippen molar-refractivity contribution in [2.75, 3.05) is 38.7 Å². The number of amides is 2. The summed E-state index contributed by atoms with van der Waals surface area (Å²) in [7, 11) is 1.31.